The lowest BCUT2D eigenvalue weighted by Crippen LogP contribution is -2.16. The van der Waals surface area contributed by atoms with Gasteiger partial charge in [0.25, 0.3) is 0 Å². The number of rotatable bonds is 4. The first-order valence-corrected chi connectivity index (χ1v) is 7.09. The first-order chi connectivity index (χ1) is 9.36. The van der Waals surface area contributed by atoms with Gasteiger partial charge in [0.1, 0.15) is 10.2 Å². The van der Waals surface area contributed by atoms with E-state index in [0.29, 0.717) is 0 Å². The van der Waals surface area contributed by atoms with Crippen LogP contribution in [0.5, 0.6) is 5.75 Å². The number of hydrogen-bond donors (Lipinski definition) is 1. The molecule has 0 aromatic heterocycles. The van der Waals surface area contributed by atoms with E-state index in [1.807, 2.05) is 26.0 Å². The molecule has 0 bridgehead atoms. The Morgan fingerprint density at radius 2 is 1.90 bits per heavy atom. The van der Waals surface area contributed by atoms with Crippen LogP contribution in [0, 0.1) is 17.3 Å². The van der Waals surface area contributed by atoms with Crippen LogP contribution in [0.15, 0.2) is 34.8 Å². The highest BCUT2D eigenvalue weighted by Crippen LogP contribution is 2.60. The fourth-order valence-corrected chi connectivity index (χ4v) is 2.79. The van der Waals surface area contributed by atoms with Crippen LogP contribution < -0.4 is 10.1 Å². The van der Waals surface area contributed by atoms with E-state index >= 15 is 0 Å². The van der Waals surface area contributed by atoms with Crippen molar-refractivity contribution in [2.75, 3.05) is 12.4 Å². The number of carbonyl (C=O) groups excluding carboxylic acids is 1. The molecule has 0 spiro atoms. The van der Waals surface area contributed by atoms with Crippen molar-refractivity contribution in [2.24, 2.45) is 17.3 Å². The molecule has 0 saturated heterocycles. The molecule has 2 rings (SSSR count). The fourth-order valence-electron chi connectivity index (χ4n) is 2.52. The zero-order valence-corrected chi connectivity index (χ0v) is 13.1. The second-order valence-corrected chi connectivity index (χ2v) is 6.51. The summed E-state index contributed by atoms with van der Waals surface area (Å²) >= 11 is 11.4. The fraction of sp³-hybridized carbons (Fsp3) is 0.400. The van der Waals surface area contributed by atoms with Gasteiger partial charge in [-0.05, 0) is 41.7 Å². The third kappa shape index (κ3) is 3.10. The number of halogens is 2. The Hall–Kier alpha value is -1.19. The van der Waals surface area contributed by atoms with Gasteiger partial charge in [-0.15, -0.1) is 0 Å². The van der Waals surface area contributed by atoms with Gasteiger partial charge in [-0.25, -0.2) is 0 Å². The Kier molecular flexibility index (Phi) is 4.31. The Balaban J connectivity index is 2.04. The van der Waals surface area contributed by atoms with Crippen molar-refractivity contribution in [3.8, 4) is 5.75 Å². The van der Waals surface area contributed by atoms with Crippen LogP contribution >= 0.6 is 23.2 Å². The summed E-state index contributed by atoms with van der Waals surface area (Å²) in [6.07, 6.45) is 1.74. The quantitative estimate of drug-likeness (QED) is 0.903. The van der Waals surface area contributed by atoms with Gasteiger partial charge in [0.15, 0.2) is 0 Å². The standard InChI is InChI=1S/C15H17Cl2NO2/c1-15(2)11(8-12(16)17)13(15)14(19)18-9-4-6-10(20-3)7-5-9/h4-8,11,13H,1-3H3,(H,18,19)/t11-,13-/m0/s1. The van der Waals surface area contributed by atoms with E-state index in [1.54, 1.807) is 25.3 Å². The van der Waals surface area contributed by atoms with Crippen molar-refractivity contribution < 1.29 is 9.53 Å². The van der Waals surface area contributed by atoms with Gasteiger partial charge in [0.2, 0.25) is 5.91 Å². The van der Waals surface area contributed by atoms with Crippen LogP contribution in [-0.4, -0.2) is 13.0 Å². The van der Waals surface area contributed by atoms with Crippen LogP contribution in [0.2, 0.25) is 0 Å². The van der Waals surface area contributed by atoms with E-state index in [0.717, 1.165) is 11.4 Å². The molecule has 1 aromatic rings. The molecule has 1 saturated carbocycles. The lowest BCUT2D eigenvalue weighted by atomic mass is 10.1. The molecule has 0 radical (unpaired) electrons. The summed E-state index contributed by atoms with van der Waals surface area (Å²) in [6, 6.07) is 7.23. The molecule has 0 heterocycles. The number of anilines is 1. The zero-order chi connectivity index (χ0) is 14.9. The number of carbonyl (C=O) groups is 1. The number of nitrogens with one attached hydrogen (secondary N) is 1. The predicted octanol–water partition coefficient (Wildman–Crippen LogP) is 4.22. The van der Waals surface area contributed by atoms with E-state index in [9.17, 15) is 4.79 Å². The topological polar surface area (TPSA) is 38.3 Å². The van der Waals surface area contributed by atoms with Gasteiger partial charge in [0, 0.05) is 5.69 Å². The van der Waals surface area contributed by atoms with Gasteiger partial charge in [-0.2, -0.15) is 0 Å². The van der Waals surface area contributed by atoms with E-state index in [1.165, 1.54) is 0 Å². The number of methoxy groups -OCH3 is 1. The maximum Gasteiger partial charge on any atom is 0.228 e. The van der Waals surface area contributed by atoms with Crippen LogP contribution in [0.1, 0.15) is 13.8 Å². The molecule has 108 valence electrons. The van der Waals surface area contributed by atoms with Crippen molar-refractivity contribution in [3.05, 3.63) is 34.8 Å². The highest BCUT2D eigenvalue weighted by atomic mass is 35.5. The first-order valence-electron chi connectivity index (χ1n) is 6.34. The smallest absolute Gasteiger partial charge is 0.228 e. The first kappa shape index (κ1) is 15.2. The summed E-state index contributed by atoms with van der Waals surface area (Å²) in [5.74, 6) is 0.698. The van der Waals surface area contributed by atoms with E-state index in [4.69, 9.17) is 27.9 Å². The molecular formula is C15H17Cl2NO2. The Morgan fingerprint density at radius 3 is 2.40 bits per heavy atom. The number of hydrogen-bond acceptors (Lipinski definition) is 2. The van der Waals surface area contributed by atoms with Crippen molar-refractivity contribution >= 4 is 34.8 Å². The second-order valence-electron chi connectivity index (χ2n) is 5.50. The molecule has 1 fully saturated rings. The summed E-state index contributed by atoms with van der Waals surface area (Å²) in [6.45, 7) is 4.06. The van der Waals surface area contributed by atoms with Gasteiger partial charge < -0.3 is 10.1 Å². The highest BCUT2D eigenvalue weighted by Gasteiger charge is 2.60. The minimum absolute atomic E-state index is 0.0176. The summed E-state index contributed by atoms with van der Waals surface area (Å²) in [7, 11) is 1.60. The highest BCUT2D eigenvalue weighted by molar-refractivity contribution is 6.55. The number of ether oxygens (including phenoxy) is 1. The van der Waals surface area contributed by atoms with E-state index < -0.39 is 0 Å². The predicted molar refractivity (Wildman–Crippen MR) is 82.2 cm³/mol. The van der Waals surface area contributed by atoms with E-state index in [2.05, 4.69) is 5.32 Å². The van der Waals surface area contributed by atoms with Gasteiger partial charge in [-0.1, -0.05) is 37.0 Å². The maximum atomic E-state index is 12.3. The van der Waals surface area contributed by atoms with E-state index in [-0.39, 0.29) is 27.6 Å². The Labute approximate surface area is 128 Å². The van der Waals surface area contributed by atoms with Gasteiger partial charge >= 0.3 is 0 Å². The Morgan fingerprint density at radius 1 is 1.30 bits per heavy atom. The van der Waals surface area contributed by atoms with Crippen molar-refractivity contribution in [3.63, 3.8) is 0 Å². The summed E-state index contributed by atoms with van der Waals surface area (Å²) in [4.78, 5) is 12.3. The molecule has 0 unspecified atom stereocenters. The molecule has 5 heteroatoms. The summed E-state index contributed by atoms with van der Waals surface area (Å²) < 4.78 is 5.29. The van der Waals surface area contributed by atoms with Crippen LogP contribution in [-0.2, 0) is 4.79 Å². The molecular weight excluding hydrogens is 297 g/mol. The number of benzene rings is 1. The normalized spacial score (nSPS) is 22.9. The molecule has 0 aliphatic heterocycles. The molecule has 1 amide bonds. The number of amides is 1. The van der Waals surface area contributed by atoms with Crippen molar-refractivity contribution in [1.29, 1.82) is 0 Å². The molecule has 2 atom stereocenters. The average Bonchev–Trinajstić information content (AvgIpc) is 2.91. The molecule has 1 aliphatic carbocycles. The second kappa shape index (κ2) is 5.66. The summed E-state index contributed by atoms with van der Waals surface area (Å²) in [5.41, 5.74) is 0.629. The van der Waals surface area contributed by atoms with Crippen LogP contribution in [0.25, 0.3) is 0 Å². The lowest BCUT2D eigenvalue weighted by molar-refractivity contribution is -0.118. The number of allylic oxidation sites excluding steroid dienone is 1. The molecule has 20 heavy (non-hydrogen) atoms. The minimum atomic E-state index is -0.119. The Bertz CT molecular complexity index is 533. The van der Waals surface area contributed by atoms with Crippen molar-refractivity contribution in [2.45, 2.75) is 13.8 Å². The maximum absolute atomic E-state index is 12.3. The van der Waals surface area contributed by atoms with Crippen LogP contribution in [0.3, 0.4) is 0 Å². The molecule has 3 nitrogen and oxygen atoms in total. The minimum Gasteiger partial charge on any atom is -0.497 e. The van der Waals surface area contributed by atoms with Gasteiger partial charge in [0.05, 0.1) is 13.0 Å². The van der Waals surface area contributed by atoms with Crippen molar-refractivity contribution in [1.82, 2.24) is 0 Å². The SMILES string of the molecule is COc1ccc(NC(=O)[C@@H]2[C@H](C=C(Cl)Cl)C2(C)C)cc1. The molecule has 1 aliphatic rings. The average molecular weight is 314 g/mol. The largest absolute Gasteiger partial charge is 0.497 e. The van der Waals surface area contributed by atoms with Crippen LogP contribution in [0.4, 0.5) is 5.69 Å². The summed E-state index contributed by atoms with van der Waals surface area (Å²) in [5, 5.41) is 2.90. The monoisotopic (exact) mass is 313 g/mol. The lowest BCUT2D eigenvalue weighted by Gasteiger charge is -2.07. The molecule has 1 aromatic carbocycles. The molecule has 1 N–H and O–H groups in total. The third-order valence-electron chi connectivity index (χ3n) is 3.86. The third-order valence-corrected chi connectivity index (χ3v) is 4.11. The van der Waals surface area contributed by atoms with Gasteiger partial charge in [-0.3, -0.25) is 4.79 Å². The zero-order valence-electron chi connectivity index (χ0n) is 11.6.